The molecule has 1 heterocycles. The molecule has 136 valence electrons. The number of anilines is 2. The smallest absolute Gasteiger partial charge is 0.230 e. The summed E-state index contributed by atoms with van der Waals surface area (Å²) in [5.74, 6) is -1.73. The lowest BCUT2D eigenvalue weighted by Gasteiger charge is -2.33. The minimum absolute atomic E-state index is 0.121. The van der Waals surface area contributed by atoms with Gasteiger partial charge in [0.05, 0.1) is 19.4 Å². The van der Waals surface area contributed by atoms with Crippen LogP contribution in [0.15, 0.2) is 24.3 Å². The van der Waals surface area contributed by atoms with Gasteiger partial charge >= 0.3 is 0 Å². The number of benzene rings is 1. The fourth-order valence-electron chi connectivity index (χ4n) is 2.98. The average molecular weight is 349 g/mol. The third-order valence-corrected chi connectivity index (χ3v) is 4.40. The maximum absolute atomic E-state index is 12.2. The fraction of sp³-hybridized carbons (Fsp3) is 0.471. The molecule has 25 heavy (non-hydrogen) atoms. The largest absolute Gasteiger partial charge is 0.544 e. The van der Waals surface area contributed by atoms with E-state index < -0.39 is 12.0 Å². The lowest BCUT2D eigenvalue weighted by Crippen LogP contribution is -3.29. The molecule has 1 atom stereocenters. The van der Waals surface area contributed by atoms with Crippen LogP contribution >= 0.6 is 0 Å². The molecule has 0 saturated carbocycles. The molecule has 8 nitrogen and oxygen atoms in total. The minimum Gasteiger partial charge on any atom is -0.544 e. The van der Waals surface area contributed by atoms with Crippen molar-refractivity contribution in [2.75, 3.05) is 43.9 Å². The van der Waals surface area contributed by atoms with Crippen LogP contribution in [0.1, 0.15) is 13.3 Å². The van der Waals surface area contributed by atoms with Gasteiger partial charge in [-0.15, -0.1) is 0 Å². The van der Waals surface area contributed by atoms with Crippen LogP contribution < -0.4 is 25.5 Å². The second kappa shape index (κ2) is 8.59. The summed E-state index contributed by atoms with van der Waals surface area (Å²) >= 11 is 0. The first-order valence-electron chi connectivity index (χ1n) is 8.39. The van der Waals surface area contributed by atoms with E-state index in [1.807, 2.05) is 0 Å². The SMILES string of the molecule is CC(=O)Nc1ccc(NC(=O)C[C@@H](C(=O)[O-])[NH+]2CC[NH+](C)CC2)cc1. The molecule has 0 radical (unpaired) electrons. The van der Waals surface area contributed by atoms with Crippen molar-refractivity contribution in [1.82, 2.24) is 0 Å². The van der Waals surface area contributed by atoms with E-state index in [0.29, 0.717) is 24.5 Å². The summed E-state index contributed by atoms with van der Waals surface area (Å²) in [4.78, 5) is 36.9. The number of quaternary nitrogens is 2. The Morgan fingerprint density at radius 3 is 2.04 bits per heavy atom. The number of nitrogens with one attached hydrogen (secondary N) is 4. The highest BCUT2D eigenvalue weighted by Crippen LogP contribution is 2.13. The second-order valence-corrected chi connectivity index (χ2v) is 6.50. The molecular formula is C17H25N4O4+. The van der Waals surface area contributed by atoms with Crippen LogP contribution in [-0.4, -0.2) is 57.1 Å². The van der Waals surface area contributed by atoms with Gasteiger partial charge in [-0.1, -0.05) is 0 Å². The van der Waals surface area contributed by atoms with Crippen molar-refractivity contribution >= 4 is 29.2 Å². The minimum atomic E-state index is -1.19. The van der Waals surface area contributed by atoms with Gasteiger partial charge in [0, 0.05) is 18.3 Å². The Balaban J connectivity index is 1.92. The van der Waals surface area contributed by atoms with Crippen molar-refractivity contribution in [3.63, 3.8) is 0 Å². The maximum atomic E-state index is 12.2. The van der Waals surface area contributed by atoms with E-state index in [2.05, 4.69) is 17.7 Å². The Labute approximate surface area is 146 Å². The lowest BCUT2D eigenvalue weighted by molar-refractivity contribution is -1.01. The second-order valence-electron chi connectivity index (χ2n) is 6.50. The molecule has 4 N–H and O–H groups in total. The summed E-state index contributed by atoms with van der Waals surface area (Å²) in [5, 5.41) is 16.8. The van der Waals surface area contributed by atoms with E-state index >= 15 is 0 Å². The fourth-order valence-corrected chi connectivity index (χ4v) is 2.98. The number of piperazine rings is 1. The standard InChI is InChI=1S/C17H24N4O4/c1-12(22)18-13-3-5-14(6-4-13)19-16(23)11-15(17(24)25)21-9-7-20(2)8-10-21/h3-6,15H,7-11H2,1-2H3,(H,18,22)(H,19,23)(H,24,25)/p+1/t15-/m0/s1. The molecule has 1 aromatic carbocycles. The first kappa shape index (κ1) is 18.9. The zero-order valence-electron chi connectivity index (χ0n) is 14.6. The Bertz CT molecular complexity index is 624. The van der Waals surface area contributed by atoms with Gasteiger partial charge in [-0.25, -0.2) is 0 Å². The molecule has 1 saturated heterocycles. The molecule has 0 aliphatic carbocycles. The van der Waals surface area contributed by atoms with E-state index in [4.69, 9.17) is 0 Å². The number of hydrogen-bond acceptors (Lipinski definition) is 4. The third-order valence-electron chi connectivity index (χ3n) is 4.40. The average Bonchev–Trinajstić information content (AvgIpc) is 2.55. The van der Waals surface area contributed by atoms with Gasteiger partial charge in [0.1, 0.15) is 32.2 Å². The van der Waals surface area contributed by atoms with E-state index in [9.17, 15) is 19.5 Å². The summed E-state index contributed by atoms with van der Waals surface area (Å²) in [6.45, 7) is 4.60. The number of likely N-dealkylation sites (N-methyl/N-ethyl adjacent to an activating group) is 1. The number of hydrogen-bond donors (Lipinski definition) is 4. The quantitative estimate of drug-likeness (QED) is 0.428. The Morgan fingerprint density at radius 2 is 1.56 bits per heavy atom. The van der Waals surface area contributed by atoms with E-state index in [-0.39, 0.29) is 18.2 Å². The zero-order chi connectivity index (χ0) is 18.4. The molecule has 0 aromatic heterocycles. The van der Waals surface area contributed by atoms with Crippen molar-refractivity contribution in [3.8, 4) is 0 Å². The number of aliphatic carboxylic acids is 1. The molecule has 1 fully saturated rings. The highest BCUT2D eigenvalue weighted by atomic mass is 16.4. The highest BCUT2D eigenvalue weighted by molar-refractivity contribution is 5.94. The van der Waals surface area contributed by atoms with Crippen molar-refractivity contribution in [3.05, 3.63) is 24.3 Å². The predicted octanol–water partition coefficient (Wildman–Crippen LogP) is -3.49. The van der Waals surface area contributed by atoms with Crippen LogP contribution in [0.3, 0.4) is 0 Å². The van der Waals surface area contributed by atoms with Crippen LogP contribution in [0.25, 0.3) is 0 Å². The molecule has 0 unspecified atom stereocenters. The Morgan fingerprint density at radius 1 is 1.04 bits per heavy atom. The van der Waals surface area contributed by atoms with Gasteiger partial charge in [0.25, 0.3) is 0 Å². The molecular weight excluding hydrogens is 324 g/mol. The number of rotatable bonds is 6. The molecule has 1 aliphatic rings. The van der Waals surface area contributed by atoms with Gasteiger partial charge in [0.15, 0.2) is 0 Å². The zero-order valence-corrected chi connectivity index (χ0v) is 14.6. The Hall–Kier alpha value is -2.45. The van der Waals surface area contributed by atoms with Crippen molar-refractivity contribution in [2.24, 2.45) is 0 Å². The number of carboxylic acid groups (broad SMARTS) is 1. The third kappa shape index (κ3) is 5.84. The molecule has 2 rings (SSSR count). The number of amides is 2. The molecule has 0 spiro atoms. The summed E-state index contributed by atoms with van der Waals surface area (Å²) in [6, 6.07) is 5.81. The molecule has 1 aliphatic heterocycles. The van der Waals surface area contributed by atoms with Gasteiger partial charge in [-0.3, -0.25) is 9.59 Å². The summed E-state index contributed by atoms with van der Waals surface area (Å²) in [6.07, 6.45) is -0.121. The number of carboxylic acids is 1. The topological polar surface area (TPSA) is 107 Å². The van der Waals surface area contributed by atoms with Gasteiger partial charge in [-0.2, -0.15) is 0 Å². The molecule has 2 amide bonds. The number of carbonyl (C=O) groups is 3. The van der Waals surface area contributed by atoms with Crippen LogP contribution in [0.4, 0.5) is 11.4 Å². The van der Waals surface area contributed by atoms with Gasteiger partial charge in [-0.05, 0) is 24.3 Å². The van der Waals surface area contributed by atoms with Crippen molar-refractivity contribution < 1.29 is 29.3 Å². The molecule has 0 bridgehead atoms. The summed E-state index contributed by atoms with van der Waals surface area (Å²) in [7, 11) is 2.07. The van der Waals surface area contributed by atoms with Crippen LogP contribution in [0.5, 0.6) is 0 Å². The predicted molar refractivity (Wildman–Crippen MR) is 90.1 cm³/mol. The van der Waals surface area contributed by atoms with E-state index in [0.717, 1.165) is 18.0 Å². The van der Waals surface area contributed by atoms with Crippen LogP contribution in [0.2, 0.25) is 0 Å². The van der Waals surface area contributed by atoms with Crippen LogP contribution in [0, 0.1) is 0 Å². The lowest BCUT2D eigenvalue weighted by atomic mass is 10.1. The van der Waals surface area contributed by atoms with E-state index in [1.54, 1.807) is 24.3 Å². The highest BCUT2D eigenvalue weighted by Gasteiger charge is 2.30. The van der Waals surface area contributed by atoms with E-state index in [1.165, 1.54) is 11.8 Å². The van der Waals surface area contributed by atoms with Gasteiger partial charge < -0.3 is 30.3 Å². The molecule has 8 heteroatoms. The Kier molecular flexibility index (Phi) is 6.49. The monoisotopic (exact) mass is 349 g/mol. The first-order valence-corrected chi connectivity index (χ1v) is 8.39. The van der Waals surface area contributed by atoms with Crippen molar-refractivity contribution in [1.29, 1.82) is 0 Å². The first-order chi connectivity index (χ1) is 11.8. The normalized spacial score (nSPS) is 21.2. The number of carbonyl (C=O) groups excluding carboxylic acids is 3. The van der Waals surface area contributed by atoms with Crippen molar-refractivity contribution in [2.45, 2.75) is 19.4 Å². The summed E-state index contributed by atoms with van der Waals surface area (Å²) < 4.78 is 0. The molecule has 1 aromatic rings. The summed E-state index contributed by atoms with van der Waals surface area (Å²) in [5.41, 5.74) is 1.18. The van der Waals surface area contributed by atoms with Crippen LogP contribution in [-0.2, 0) is 14.4 Å². The van der Waals surface area contributed by atoms with Gasteiger partial charge in [0.2, 0.25) is 11.8 Å². The maximum Gasteiger partial charge on any atom is 0.230 e.